The lowest BCUT2D eigenvalue weighted by atomic mass is 10.1. The van der Waals surface area contributed by atoms with Crippen molar-refractivity contribution in [3.8, 4) is 0 Å². The van der Waals surface area contributed by atoms with E-state index in [0.717, 1.165) is 30.5 Å². The Hall–Kier alpha value is -3.14. The van der Waals surface area contributed by atoms with E-state index in [1.807, 2.05) is 53.2 Å². The molecule has 0 unspecified atom stereocenters. The number of carbonyl (C=O) groups excluding carboxylic acids is 1. The first-order chi connectivity index (χ1) is 14.6. The number of amides is 1. The normalized spacial score (nSPS) is 10.7. The van der Waals surface area contributed by atoms with E-state index in [-0.39, 0.29) is 11.7 Å². The largest absolute Gasteiger partial charge is 0.345 e. The number of nitrogens with zero attached hydrogens (tertiary/aromatic N) is 2. The first kappa shape index (κ1) is 21.6. The van der Waals surface area contributed by atoms with Crippen molar-refractivity contribution in [2.75, 3.05) is 6.54 Å². The molecule has 0 N–H and O–H groups in total. The zero-order chi connectivity index (χ0) is 21.3. The summed E-state index contributed by atoms with van der Waals surface area (Å²) in [6, 6.07) is 18.5. The molecule has 0 aliphatic rings. The number of aromatic nitrogens is 1. The van der Waals surface area contributed by atoms with Gasteiger partial charge in [0.15, 0.2) is 0 Å². The van der Waals surface area contributed by atoms with Gasteiger partial charge in [0.1, 0.15) is 5.82 Å². The molecule has 3 nitrogen and oxygen atoms in total. The lowest BCUT2D eigenvalue weighted by Crippen LogP contribution is -2.31. The SMILES string of the molecule is C=CCN(Cc1cccn1Cc1cccc(F)c1)C(=O)c1ccc(CCCC)cc1. The second-order valence-electron chi connectivity index (χ2n) is 7.53. The highest BCUT2D eigenvalue weighted by Crippen LogP contribution is 2.15. The standard InChI is InChI=1S/C26H29FN2O/c1-3-5-8-21-12-14-23(15-13-21)26(30)29(16-4-2)20-25-11-7-17-28(25)19-22-9-6-10-24(27)18-22/h4,6-7,9-15,17-18H,2-3,5,8,16,19-20H2,1H3. The topological polar surface area (TPSA) is 25.2 Å². The summed E-state index contributed by atoms with van der Waals surface area (Å²) in [7, 11) is 0. The second kappa shape index (κ2) is 10.6. The fraction of sp³-hybridized carbons (Fsp3) is 0.269. The molecule has 0 spiro atoms. The molecular formula is C26H29FN2O. The van der Waals surface area contributed by atoms with Crippen LogP contribution in [-0.4, -0.2) is 21.9 Å². The second-order valence-corrected chi connectivity index (χ2v) is 7.53. The van der Waals surface area contributed by atoms with Crippen molar-refractivity contribution >= 4 is 5.91 Å². The molecule has 30 heavy (non-hydrogen) atoms. The fourth-order valence-corrected chi connectivity index (χ4v) is 3.53. The molecule has 3 aromatic rings. The maximum absolute atomic E-state index is 13.5. The van der Waals surface area contributed by atoms with Crippen LogP contribution >= 0.6 is 0 Å². The minimum absolute atomic E-state index is 0.0181. The van der Waals surface area contributed by atoms with Gasteiger partial charge in [-0.1, -0.05) is 43.7 Å². The maximum atomic E-state index is 13.5. The van der Waals surface area contributed by atoms with Crippen molar-refractivity contribution in [1.82, 2.24) is 9.47 Å². The third-order valence-electron chi connectivity index (χ3n) is 5.17. The molecule has 156 valence electrons. The van der Waals surface area contributed by atoms with Crippen LogP contribution in [0.1, 0.15) is 46.9 Å². The van der Waals surface area contributed by atoms with Crippen molar-refractivity contribution in [3.63, 3.8) is 0 Å². The lowest BCUT2D eigenvalue weighted by Gasteiger charge is -2.22. The van der Waals surface area contributed by atoms with Crippen LogP contribution in [0, 0.1) is 5.82 Å². The van der Waals surface area contributed by atoms with Crippen LogP contribution < -0.4 is 0 Å². The summed E-state index contributed by atoms with van der Waals surface area (Å²) in [5.74, 6) is -0.262. The van der Waals surface area contributed by atoms with Crippen LogP contribution in [0.5, 0.6) is 0 Å². The average molecular weight is 405 g/mol. The number of unbranched alkanes of at least 4 members (excludes halogenated alkanes) is 1. The van der Waals surface area contributed by atoms with Gasteiger partial charge in [0.25, 0.3) is 5.91 Å². The van der Waals surface area contributed by atoms with Crippen LogP contribution in [0.2, 0.25) is 0 Å². The van der Waals surface area contributed by atoms with Gasteiger partial charge in [0, 0.05) is 30.5 Å². The molecular weight excluding hydrogens is 375 g/mol. The summed E-state index contributed by atoms with van der Waals surface area (Å²) in [5.41, 5.74) is 3.82. The molecule has 0 aliphatic carbocycles. The molecule has 0 fully saturated rings. The Balaban J connectivity index is 1.73. The fourth-order valence-electron chi connectivity index (χ4n) is 3.53. The molecule has 2 aromatic carbocycles. The zero-order valence-electron chi connectivity index (χ0n) is 17.6. The Bertz CT molecular complexity index is 975. The van der Waals surface area contributed by atoms with E-state index in [9.17, 15) is 9.18 Å². The van der Waals surface area contributed by atoms with E-state index in [4.69, 9.17) is 0 Å². The third kappa shape index (κ3) is 5.69. The van der Waals surface area contributed by atoms with E-state index >= 15 is 0 Å². The molecule has 1 amide bonds. The highest BCUT2D eigenvalue weighted by Gasteiger charge is 2.17. The molecule has 0 radical (unpaired) electrons. The molecule has 4 heteroatoms. The van der Waals surface area contributed by atoms with E-state index in [2.05, 4.69) is 13.5 Å². The van der Waals surface area contributed by atoms with Gasteiger partial charge in [-0.3, -0.25) is 4.79 Å². The smallest absolute Gasteiger partial charge is 0.254 e. The van der Waals surface area contributed by atoms with Gasteiger partial charge < -0.3 is 9.47 Å². The highest BCUT2D eigenvalue weighted by atomic mass is 19.1. The van der Waals surface area contributed by atoms with Gasteiger partial charge in [-0.05, 0) is 60.4 Å². The summed E-state index contributed by atoms with van der Waals surface area (Å²) in [6.45, 7) is 7.47. The van der Waals surface area contributed by atoms with Crippen LogP contribution in [0.3, 0.4) is 0 Å². The monoisotopic (exact) mass is 404 g/mol. The highest BCUT2D eigenvalue weighted by molar-refractivity contribution is 5.94. The number of carbonyl (C=O) groups is 1. The van der Waals surface area contributed by atoms with E-state index in [0.29, 0.717) is 25.2 Å². The Morgan fingerprint density at radius 3 is 2.60 bits per heavy atom. The molecule has 0 saturated heterocycles. The van der Waals surface area contributed by atoms with Crippen molar-refractivity contribution in [3.05, 3.63) is 108 Å². The summed E-state index contributed by atoms with van der Waals surface area (Å²) in [5, 5.41) is 0. The third-order valence-corrected chi connectivity index (χ3v) is 5.17. The van der Waals surface area contributed by atoms with Gasteiger partial charge in [-0.25, -0.2) is 4.39 Å². The minimum atomic E-state index is -0.243. The van der Waals surface area contributed by atoms with E-state index in [1.165, 1.54) is 17.7 Å². The molecule has 1 heterocycles. The first-order valence-corrected chi connectivity index (χ1v) is 10.5. The van der Waals surface area contributed by atoms with Crippen molar-refractivity contribution in [2.24, 2.45) is 0 Å². The predicted molar refractivity (Wildman–Crippen MR) is 120 cm³/mol. The summed E-state index contributed by atoms with van der Waals surface area (Å²) >= 11 is 0. The Labute approximate surface area is 178 Å². The van der Waals surface area contributed by atoms with Crippen molar-refractivity contribution in [1.29, 1.82) is 0 Å². The number of hydrogen-bond donors (Lipinski definition) is 0. The van der Waals surface area contributed by atoms with Gasteiger partial charge in [0.05, 0.1) is 6.54 Å². The summed E-state index contributed by atoms with van der Waals surface area (Å²) in [4.78, 5) is 14.9. The summed E-state index contributed by atoms with van der Waals surface area (Å²) < 4.78 is 15.6. The molecule has 0 aliphatic heterocycles. The van der Waals surface area contributed by atoms with Crippen LogP contribution in [-0.2, 0) is 19.5 Å². The molecule has 0 saturated carbocycles. The molecule has 0 bridgehead atoms. The quantitative estimate of drug-likeness (QED) is 0.389. The number of halogens is 1. The Kier molecular flexibility index (Phi) is 7.61. The number of rotatable bonds is 10. The van der Waals surface area contributed by atoms with Gasteiger partial charge in [-0.2, -0.15) is 0 Å². The molecule has 3 rings (SSSR count). The summed E-state index contributed by atoms with van der Waals surface area (Å²) in [6.07, 6.45) is 7.04. The first-order valence-electron chi connectivity index (χ1n) is 10.5. The van der Waals surface area contributed by atoms with E-state index < -0.39 is 0 Å². The van der Waals surface area contributed by atoms with Crippen LogP contribution in [0.15, 0.2) is 79.5 Å². The number of benzene rings is 2. The average Bonchev–Trinajstić information content (AvgIpc) is 3.18. The van der Waals surface area contributed by atoms with Gasteiger partial charge >= 0.3 is 0 Å². The van der Waals surface area contributed by atoms with Gasteiger partial charge in [0.2, 0.25) is 0 Å². The Morgan fingerprint density at radius 2 is 1.90 bits per heavy atom. The molecule has 0 atom stereocenters. The number of aryl methyl sites for hydroxylation is 1. The van der Waals surface area contributed by atoms with E-state index in [1.54, 1.807) is 17.0 Å². The molecule has 1 aromatic heterocycles. The van der Waals surface area contributed by atoms with Crippen molar-refractivity contribution < 1.29 is 9.18 Å². The Morgan fingerprint density at radius 1 is 1.10 bits per heavy atom. The number of hydrogen-bond acceptors (Lipinski definition) is 1. The minimum Gasteiger partial charge on any atom is -0.345 e. The zero-order valence-corrected chi connectivity index (χ0v) is 17.6. The maximum Gasteiger partial charge on any atom is 0.254 e. The lowest BCUT2D eigenvalue weighted by molar-refractivity contribution is 0.0759. The predicted octanol–water partition coefficient (Wildman–Crippen LogP) is 5.85. The van der Waals surface area contributed by atoms with Crippen LogP contribution in [0.4, 0.5) is 4.39 Å². The van der Waals surface area contributed by atoms with Crippen LogP contribution in [0.25, 0.3) is 0 Å². The van der Waals surface area contributed by atoms with Crippen molar-refractivity contribution in [2.45, 2.75) is 39.3 Å². The van der Waals surface area contributed by atoms with Gasteiger partial charge in [-0.15, -0.1) is 6.58 Å².